The third kappa shape index (κ3) is 3.30. The van der Waals surface area contributed by atoms with Gasteiger partial charge in [0.1, 0.15) is 0 Å². The van der Waals surface area contributed by atoms with E-state index in [1.807, 2.05) is 0 Å². The molecule has 3 rings (SSSR count). The summed E-state index contributed by atoms with van der Waals surface area (Å²) in [6, 6.07) is 0.462. The number of likely N-dealkylation sites (tertiary alicyclic amines) is 1. The zero-order valence-corrected chi connectivity index (χ0v) is 14.0. The fraction of sp³-hybridized carbons (Fsp3) is 1.00. The van der Waals surface area contributed by atoms with E-state index in [1.165, 1.54) is 58.2 Å². The van der Waals surface area contributed by atoms with Crippen molar-refractivity contribution in [3.05, 3.63) is 0 Å². The smallest absolute Gasteiger partial charge is 0.0616 e. The van der Waals surface area contributed by atoms with Gasteiger partial charge in [0.15, 0.2) is 0 Å². The maximum Gasteiger partial charge on any atom is 0.0616 e. The Morgan fingerprint density at radius 1 is 1.14 bits per heavy atom. The van der Waals surface area contributed by atoms with E-state index < -0.39 is 0 Å². The van der Waals surface area contributed by atoms with E-state index in [4.69, 9.17) is 0 Å². The molecule has 3 nitrogen and oxygen atoms in total. The Morgan fingerprint density at radius 2 is 1.86 bits per heavy atom. The number of aliphatic hydroxyl groups excluding tert-OH is 1. The van der Waals surface area contributed by atoms with E-state index >= 15 is 0 Å². The van der Waals surface area contributed by atoms with Crippen molar-refractivity contribution in [2.75, 3.05) is 26.2 Å². The minimum Gasteiger partial charge on any atom is -0.394 e. The summed E-state index contributed by atoms with van der Waals surface area (Å²) in [4.78, 5) is 2.71. The third-order valence-electron chi connectivity index (χ3n) is 6.41. The molecule has 2 N–H and O–H groups in total. The van der Waals surface area contributed by atoms with Crippen LogP contribution in [0, 0.1) is 17.8 Å². The lowest BCUT2D eigenvalue weighted by atomic mass is 9.84. The van der Waals surface area contributed by atoms with Gasteiger partial charge in [-0.05, 0) is 56.4 Å². The lowest BCUT2D eigenvalue weighted by molar-refractivity contribution is 0.104. The molecule has 0 radical (unpaired) electrons. The maximum atomic E-state index is 9.98. The molecule has 0 aromatic carbocycles. The molecule has 4 atom stereocenters. The molecule has 122 valence electrons. The van der Waals surface area contributed by atoms with E-state index in [0.29, 0.717) is 18.6 Å². The quantitative estimate of drug-likeness (QED) is 0.790. The standard InChI is InChI=1S/C18H34N2O/c1-14(2)19-18(13-21)9-4-7-17(18)8-10-20-11-15-5-3-6-16(15)12-20/h14-17,19,21H,3-13H2,1-2H3. The van der Waals surface area contributed by atoms with Crippen LogP contribution in [0.4, 0.5) is 0 Å². The Bertz CT molecular complexity index is 334. The molecule has 2 saturated carbocycles. The first-order chi connectivity index (χ1) is 10.1. The van der Waals surface area contributed by atoms with Crippen LogP contribution < -0.4 is 5.32 Å². The van der Waals surface area contributed by atoms with Crippen LogP contribution in [0.3, 0.4) is 0 Å². The van der Waals surface area contributed by atoms with Gasteiger partial charge in [0.25, 0.3) is 0 Å². The van der Waals surface area contributed by atoms with Crippen molar-refractivity contribution in [3.63, 3.8) is 0 Å². The highest BCUT2D eigenvalue weighted by molar-refractivity contribution is 5.00. The fourth-order valence-electron chi connectivity index (χ4n) is 5.44. The average Bonchev–Trinajstić information content (AvgIpc) is 3.10. The lowest BCUT2D eigenvalue weighted by Gasteiger charge is -2.37. The summed E-state index contributed by atoms with van der Waals surface area (Å²) in [6.45, 7) is 8.66. The van der Waals surface area contributed by atoms with Crippen molar-refractivity contribution in [2.45, 2.75) is 70.4 Å². The zero-order chi connectivity index (χ0) is 14.9. The summed E-state index contributed by atoms with van der Waals surface area (Å²) in [5, 5.41) is 13.7. The van der Waals surface area contributed by atoms with Crippen LogP contribution in [0.1, 0.15) is 58.8 Å². The van der Waals surface area contributed by atoms with Crippen LogP contribution in [0.15, 0.2) is 0 Å². The number of aliphatic hydroxyl groups is 1. The molecule has 0 spiro atoms. The number of rotatable bonds is 6. The number of nitrogens with zero attached hydrogens (tertiary/aromatic N) is 1. The summed E-state index contributed by atoms with van der Waals surface area (Å²) in [6.07, 6.45) is 9.40. The molecular formula is C18H34N2O. The maximum absolute atomic E-state index is 9.98. The molecule has 2 aliphatic carbocycles. The first-order valence-electron chi connectivity index (χ1n) is 9.24. The zero-order valence-electron chi connectivity index (χ0n) is 14.0. The molecule has 21 heavy (non-hydrogen) atoms. The predicted octanol–water partition coefficient (Wildman–Crippen LogP) is 2.64. The molecule has 3 heteroatoms. The molecule has 3 fully saturated rings. The molecule has 3 aliphatic rings. The summed E-state index contributed by atoms with van der Waals surface area (Å²) < 4.78 is 0. The van der Waals surface area contributed by atoms with Gasteiger partial charge in [-0.3, -0.25) is 0 Å². The van der Waals surface area contributed by atoms with E-state index in [2.05, 4.69) is 24.1 Å². The first kappa shape index (κ1) is 15.8. The highest BCUT2D eigenvalue weighted by atomic mass is 16.3. The second-order valence-corrected chi connectivity index (χ2v) is 8.20. The summed E-state index contributed by atoms with van der Waals surface area (Å²) >= 11 is 0. The molecule has 0 aromatic rings. The van der Waals surface area contributed by atoms with Gasteiger partial charge in [-0.25, -0.2) is 0 Å². The largest absolute Gasteiger partial charge is 0.394 e. The predicted molar refractivity (Wildman–Crippen MR) is 87.3 cm³/mol. The van der Waals surface area contributed by atoms with E-state index in [9.17, 15) is 5.11 Å². The lowest BCUT2D eigenvalue weighted by Crippen LogP contribution is -2.54. The number of hydrogen-bond acceptors (Lipinski definition) is 3. The first-order valence-corrected chi connectivity index (χ1v) is 9.24. The van der Waals surface area contributed by atoms with Gasteiger partial charge in [0.2, 0.25) is 0 Å². The van der Waals surface area contributed by atoms with Crippen LogP contribution in [-0.4, -0.2) is 47.8 Å². The molecule has 0 amide bonds. The van der Waals surface area contributed by atoms with Crippen LogP contribution in [0.25, 0.3) is 0 Å². The second kappa shape index (κ2) is 6.55. The minimum atomic E-state index is 0.00373. The van der Waals surface area contributed by atoms with Gasteiger partial charge >= 0.3 is 0 Å². The SMILES string of the molecule is CC(C)NC1(CO)CCCC1CCN1CC2CCCC2C1. The van der Waals surface area contributed by atoms with Crippen LogP contribution in [-0.2, 0) is 0 Å². The van der Waals surface area contributed by atoms with E-state index in [0.717, 1.165) is 18.3 Å². The van der Waals surface area contributed by atoms with Crippen molar-refractivity contribution in [1.82, 2.24) is 10.2 Å². The van der Waals surface area contributed by atoms with E-state index in [1.54, 1.807) is 0 Å². The molecule has 1 saturated heterocycles. The molecule has 4 unspecified atom stereocenters. The van der Waals surface area contributed by atoms with Crippen molar-refractivity contribution in [2.24, 2.45) is 17.8 Å². The Hall–Kier alpha value is -0.120. The van der Waals surface area contributed by atoms with Gasteiger partial charge in [-0.2, -0.15) is 0 Å². The second-order valence-electron chi connectivity index (χ2n) is 8.20. The highest BCUT2D eigenvalue weighted by Crippen LogP contribution is 2.40. The third-order valence-corrected chi connectivity index (χ3v) is 6.41. The van der Waals surface area contributed by atoms with Gasteiger partial charge in [0.05, 0.1) is 6.61 Å². The van der Waals surface area contributed by atoms with E-state index in [-0.39, 0.29) is 5.54 Å². The Kier molecular flexibility index (Phi) is 4.92. The van der Waals surface area contributed by atoms with Gasteiger partial charge in [-0.15, -0.1) is 0 Å². The molecule has 1 heterocycles. The molecule has 0 bridgehead atoms. The van der Waals surface area contributed by atoms with Crippen LogP contribution >= 0.6 is 0 Å². The van der Waals surface area contributed by atoms with Crippen LogP contribution in [0.2, 0.25) is 0 Å². The van der Waals surface area contributed by atoms with Crippen molar-refractivity contribution >= 4 is 0 Å². The number of hydrogen-bond donors (Lipinski definition) is 2. The van der Waals surface area contributed by atoms with Gasteiger partial charge in [0, 0.05) is 24.7 Å². The summed E-state index contributed by atoms with van der Waals surface area (Å²) in [7, 11) is 0. The Labute approximate surface area is 130 Å². The highest BCUT2D eigenvalue weighted by Gasteiger charge is 2.43. The van der Waals surface area contributed by atoms with Gasteiger partial charge in [-0.1, -0.05) is 26.7 Å². The molecule has 1 aliphatic heterocycles. The van der Waals surface area contributed by atoms with Crippen molar-refractivity contribution in [1.29, 1.82) is 0 Å². The van der Waals surface area contributed by atoms with Crippen molar-refractivity contribution < 1.29 is 5.11 Å². The minimum absolute atomic E-state index is 0.00373. The number of nitrogens with one attached hydrogen (secondary N) is 1. The monoisotopic (exact) mass is 294 g/mol. The average molecular weight is 294 g/mol. The summed E-state index contributed by atoms with van der Waals surface area (Å²) in [5.74, 6) is 2.67. The number of fused-ring (bicyclic) bond motifs is 1. The topological polar surface area (TPSA) is 35.5 Å². The Morgan fingerprint density at radius 3 is 2.48 bits per heavy atom. The van der Waals surface area contributed by atoms with Crippen molar-refractivity contribution in [3.8, 4) is 0 Å². The normalized spacial score (nSPS) is 40.3. The molecular weight excluding hydrogens is 260 g/mol. The molecule has 0 aromatic heterocycles. The summed E-state index contributed by atoms with van der Waals surface area (Å²) in [5.41, 5.74) is 0.00373. The van der Waals surface area contributed by atoms with Gasteiger partial charge < -0.3 is 15.3 Å². The fourth-order valence-corrected chi connectivity index (χ4v) is 5.44. The van der Waals surface area contributed by atoms with Crippen LogP contribution in [0.5, 0.6) is 0 Å². The Balaban J connectivity index is 1.52.